The summed E-state index contributed by atoms with van der Waals surface area (Å²) >= 11 is 5.91. The molecule has 0 saturated carbocycles. The summed E-state index contributed by atoms with van der Waals surface area (Å²) in [5.74, 6) is 0.908. The molecule has 0 aliphatic heterocycles. The fourth-order valence-corrected chi connectivity index (χ4v) is 1.87. The van der Waals surface area contributed by atoms with Crippen molar-refractivity contribution in [2.24, 2.45) is 0 Å². The maximum Gasteiger partial charge on any atom is 0.137 e. The molecule has 2 N–H and O–H groups in total. The molecule has 17 heavy (non-hydrogen) atoms. The van der Waals surface area contributed by atoms with Gasteiger partial charge in [-0.2, -0.15) is 5.10 Å². The number of nitrogens with zero attached hydrogens (tertiary/aromatic N) is 2. The fraction of sp³-hybridized carbons (Fsp3) is 0.333. The van der Waals surface area contributed by atoms with E-state index in [9.17, 15) is 0 Å². The van der Waals surface area contributed by atoms with Crippen LogP contribution in [-0.2, 0) is 13.0 Å². The fourth-order valence-electron chi connectivity index (χ4n) is 1.64. The molecule has 2 rings (SSSR count). The predicted octanol–water partition coefficient (Wildman–Crippen LogP) is 2.10. The molecule has 0 atom stereocenters. The molecule has 2 aromatic rings. The molecule has 4 nitrogen and oxygen atoms in total. The minimum atomic E-state index is 0.785. The Balaban J connectivity index is 1.78. The van der Waals surface area contributed by atoms with E-state index in [0.29, 0.717) is 0 Å². The van der Waals surface area contributed by atoms with E-state index in [1.54, 1.807) is 0 Å². The van der Waals surface area contributed by atoms with E-state index in [-0.39, 0.29) is 0 Å². The molecule has 0 radical (unpaired) electrons. The lowest BCUT2D eigenvalue weighted by atomic mass is 10.1. The van der Waals surface area contributed by atoms with Gasteiger partial charge < -0.3 is 5.32 Å². The molecule has 0 aliphatic carbocycles. The minimum absolute atomic E-state index is 0.785. The van der Waals surface area contributed by atoms with Crippen molar-refractivity contribution in [2.45, 2.75) is 19.9 Å². The summed E-state index contributed by atoms with van der Waals surface area (Å²) in [5.41, 5.74) is 2.48. The third-order valence-corrected chi connectivity index (χ3v) is 2.86. The van der Waals surface area contributed by atoms with Crippen LogP contribution in [0.1, 0.15) is 17.0 Å². The summed E-state index contributed by atoms with van der Waals surface area (Å²) in [4.78, 5) is 4.07. The first-order valence-corrected chi connectivity index (χ1v) is 5.93. The summed E-state index contributed by atoms with van der Waals surface area (Å²) in [6, 6.07) is 5.95. The van der Waals surface area contributed by atoms with Crippen molar-refractivity contribution in [3.63, 3.8) is 0 Å². The molecular formula is C12H15ClN4. The Labute approximate surface area is 105 Å². The average Bonchev–Trinajstić information content (AvgIpc) is 2.79. The van der Waals surface area contributed by atoms with Gasteiger partial charge in [-0.3, -0.25) is 5.10 Å². The number of hydrogen-bond donors (Lipinski definition) is 2. The van der Waals surface area contributed by atoms with Crippen LogP contribution in [0.5, 0.6) is 0 Å². The SMILES string of the molecule is Cc1cc(Cl)ccc1CNCCc1ncn[nH]1. The summed E-state index contributed by atoms with van der Waals surface area (Å²) in [6.45, 7) is 3.79. The van der Waals surface area contributed by atoms with Crippen LogP contribution in [0, 0.1) is 6.92 Å². The molecule has 0 saturated heterocycles. The number of aromatic amines is 1. The number of aromatic nitrogens is 3. The highest BCUT2D eigenvalue weighted by molar-refractivity contribution is 6.30. The normalized spacial score (nSPS) is 10.7. The molecule has 0 fully saturated rings. The van der Waals surface area contributed by atoms with E-state index in [0.717, 1.165) is 30.4 Å². The Hall–Kier alpha value is -1.39. The molecule has 1 aromatic heterocycles. The smallest absolute Gasteiger partial charge is 0.137 e. The predicted molar refractivity (Wildman–Crippen MR) is 68.0 cm³/mol. The van der Waals surface area contributed by atoms with Gasteiger partial charge in [0.05, 0.1) is 0 Å². The Morgan fingerprint density at radius 2 is 2.29 bits per heavy atom. The third kappa shape index (κ3) is 3.54. The number of rotatable bonds is 5. The number of H-pyrrole nitrogens is 1. The number of hydrogen-bond acceptors (Lipinski definition) is 3. The Kier molecular flexibility index (Phi) is 4.12. The van der Waals surface area contributed by atoms with Gasteiger partial charge in [-0.15, -0.1) is 0 Å². The Morgan fingerprint density at radius 3 is 3.00 bits per heavy atom. The van der Waals surface area contributed by atoms with Crippen LogP contribution in [-0.4, -0.2) is 21.7 Å². The van der Waals surface area contributed by atoms with Gasteiger partial charge in [-0.1, -0.05) is 17.7 Å². The van der Waals surface area contributed by atoms with Crippen LogP contribution in [0.15, 0.2) is 24.5 Å². The lowest BCUT2D eigenvalue weighted by Crippen LogP contribution is -2.17. The molecular weight excluding hydrogens is 236 g/mol. The maximum absolute atomic E-state index is 5.91. The van der Waals surface area contributed by atoms with Crippen LogP contribution in [0.2, 0.25) is 5.02 Å². The highest BCUT2D eigenvalue weighted by Crippen LogP contribution is 2.14. The lowest BCUT2D eigenvalue weighted by molar-refractivity contribution is 0.669. The average molecular weight is 251 g/mol. The molecule has 0 spiro atoms. The van der Waals surface area contributed by atoms with Gasteiger partial charge in [0.1, 0.15) is 12.2 Å². The minimum Gasteiger partial charge on any atom is -0.312 e. The molecule has 1 heterocycles. The van der Waals surface area contributed by atoms with Crippen molar-refractivity contribution in [1.29, 1.82) is 0 Å². The summed E-state index contributed by atoms with van der Waals surface area (Å²) < 4.78 is 0. The van der Waals surface area contributed by atoms with Crippen molar-refractivity contribution in [2.75, 3.05) is 6.54 Å². The topological polar surface area (TPSA) is 53.6 Å². The first-order valence-electron chi connectivity index (χ1n) is 5.55. The first-order chi connectivity index (χ1) is 8.25. The van der Waals surface area contributed by atoms with Crippen molar-refractivity contribution >= 4 is 11.6 Å². The van der Waals surface area contributed by atoms with E-state index < -0.39 is 0 Å². The number of halogens is 1. The van der Waals surface area contributed by atoms with Gasteiger partial charge in [0.2, 0.25) is 0 Å². The van der Waals surface area contributed by atoms with Gasteiger partial charge in [-0.05, 0) is 30.2 Å². The van der Waals surface area contributed by atoms with Crippen molar-refractivity contribution in [3.05, 3.63) is 46.5 Å². The largest absolute Gasteiger partial charge is 0.312 e. The van der Waals surface area contributed by atoms with Gasteiger partial charge >= 0.3 is 0 Å². The van der Waals surface area contributed by atoms with Gasteiger partial charge in [0, 0.05) is 24.5 Å². The van der Waals surface area contributed by atoms with Gasteiger partial charge in [0.25, 0.3) is 0 Å². The molecule has 0 amide bonds. The zero-order valence-corrected chi connectivity index (χ0v) is 10.5. The second-order valence-corrected chi connectivity index (χ2v) is 4.37. The van der Waals surface area contributed by atoms with Gasteiger partial charge in [0.15, 0.2) is 0 Å². The van der Waals surface area contributed by atoms with Crippen LogP contribution >= 0.6 is 11.6 Å². The zero-order valence-electron chi connectivity index (χ0n) is 9.70. The molecule has 5 heteroatoms. The number of aryl methyl sites for hydroxylation is 1. The van der Waals surface area contributed by atoms with Crippen molar-refractivity contribution in [3.8, 4) is 0 Å². The standard InChI is InChI=1S/C12H15ClN4/c1-9-6-11(13)3-2-10(9)7-14-5-4-12-15-8-16-17-12/h2-3,6,8,14H,4-5,7H2,1H3,(H,15,16,17). The highest BCUT2D eigenvalue weighted by Gasteiger charge is 1.99. The molecule has 0 bridgehead atoms. The monoisotopic (exact) mass is 250 g/mol. The summed E-state index contributed by atoms with van der Waals surface area (Å²) in [6.07, 6.45) is 2.38. The van der Waals surface area contributed by atoms with E-state index in [2.05, 4.69) is 33.5 Å². The molecule has 90 valence electrons. The summed E-state index contributed by atoms with van der Waals surface area (Å²) in [5, 5.41) is 10.8. The van der Waals surface area contributed by atoms with E-state index in [1.165, 1.54) is 17.5 Å². The second-order valence-electron chi connectivity index (χ2n) is 3.93. The van der Waals surface area contributed by atoms with E-state index in [4.69, 9.17) is 11.6 Å². The number of nitrogens with one attached hydrogen (secondary N) is 2. The van der Waals surface area contributed by atoms with Crippen molar-refractivity contribution in [1.82, 2.24) is 20.5 Å². The first kappa shape index (κ1) is 12.1. The molecule has 1 aromatic carbocycles. The Morgan fingerprint density at radius 1 is 1.41 bits per heavy atom. The second kappa shape index (κ2) is 5.80. The van der Waals surface area contributed by atoms with Crippen molar-refractivity contribution < 1.29 is 0 Å². The Bertz CT molecular complexity index is 467. The quantitative estimate of drug-likeness (QED) is 0.799. The molecule has 0 aliphatic rings. The van der Waals surface area contributed by atoms with E-state index in [1.807, 2.05) is 12.1 Å². The maximum atomic E-state index is 5.91. The summed E-state index contributed by atoms with van der Waals surface area (Å²) in [7, 11) is 0. The van der Waals surface area contributed by atoms with E-state index >= 15 is 0 Å². The van der Waals surface area contributed by atoms with Crippen LogP contribution in [0.4, 0.5) is 0 Å². The lowest BCUT2D eigenvalue weighted by Gasteiger charge is -2.07. The highest BCUT2D eigenvalue weighted by atomic mass is 35.5. The third-order valence-electron chi connectivity index (χ3n) is 2.62. The van der Waals surface area contributed by atoms with Crippen LogP contribution in [0.25, 0.3) is 0 Å². The van der Waals surface area contributed by atoms with Crippen LogP contribution in [0.3, 0.4) is 0 Å². The van der Waals surface area contributed by atoms with Crippen LogP contribution < -0.4 is 5.32 Å². The molecule has 0 unspecified atom stereocenters. The van der Waals surface area contributed by atoms with Gasteiger partial charge in [-0.25, -0.2) is 4.98 Å². The number of benzene rings is 1. The zero-order chi connectivity index (χ0) is 12.1.